The third kappa shape index (κ3) is 4.69. The summed E-state index contributed by atoms with van der Waals surface area (Å²) in [5, 5.41) is 4.01. The molecular formula is C27H25N3O2. The normalized spacial score (nSPS) is 14.4. The van der Waals surface area contributed by atoms with E-state index in [0.29, 0.717) is 5.56 Å². The highest BCUT2D eigenvalue weighted by atomic mass is 16.5. The van der Waals surface area contributed by atoms with E-state index in [2.05, 4.69) is 34.5 Å². The molecule has 0 atom stereocenters. The standard InChI is InChI=1S/C27H25N3O2/c31-27(22-8-6-21(7-9-22)20-4-2-1-3-5-20)29-24-12-13-26-23(18-24)10-11-25(28-26)19-30-14-16-32-17-15-30/h1-13,18H,14-17,19H2,(H,29,31). The van der Waals surface area contributed by atoms with E-state index in [9.17, 15) is 4.79 Å². The first-order valence-corrected chi connectivity index (χ1v) is 10.9. The van der Waals surface area contributed by atoms with Crippen molar-refractivity contribution in [2.45, 2.75) is 6.54 Å². The Balaban J connectivity index is 1.27. The van der Waals surface area contributed by atoms with Crippen molar-refractivity contribution in [1.29, 1.82) is 0 Å². The highest BCUT2D eigenvalue weighted by molar-refractivity contribution is 6.05. The molecule has 1 saturated heterocycles. The van der Waals surface area contributed by atoms with E-state index < -0.39 is 0 Å². The van der Waals surface area contributed by atoms with Crippen LogP contribution in [0.4, 0.5) is 5.69 Å². The van der Waals surface area contributed by atoms with Gasteiger partial charge in [0, 0.05) is 36.3 Å². The fraction of sp³-hybridized carbons (Fsp3) is 0.185. The highest BCUT2D eigenvalue weighted by Crippen LogP contribution is 2.22. The molecule has 160 valence electrons. The zero-order valence-electron chi connectivity index (χ0n) is 17.8. The number of hydrogen-bond acceptors (Lipinski definition) is 4. The zero-order chi connectivity index (χ0) is 21.8. The van der Waals surface area contributed by atoms with Gasteiger partial charge in [-0.05, 0) is 47.5 Å². The highest BCUT2D eigenvalue weighted by Gasteiger charge is 2.12. The van der Waals surface area contributed by atoms with Crippen LogP contribution in [-0.2, 0) is 11.3 Å². The first-order valence-electron chi connectivity index (χ1n) is 10.9. The number of nitrogens with one attached hydrogen (secondary N) is 1. The molecule has 2 heterocycles. The molecule has 0 bridgehead atoms. The smallest absolute Gasteiger partial charge is 0.255 e. The lowest BCUT2D eigenvalue weighted by Crippen LogP contribution is -2.35. The first-order chi connectivity index (χ1) is 15.7. The molecule has 0 unspecified atom stereocenters. The van der Waals surface area contributed by atoms with Gasteiger partial charge in [0.15, 0.2) is 0 Å². The largest absolute Gasteiger partial charge is 0.379 e. The average molecular weight is 424 g/mol. The molecule has 1 amide bonds. The Morgan fingerprint density at radius 2 is 1.62 bits per heavy atom. The summed E-state index contributed by atoms with van der Waals surface area (Å²) in [6.45, 7) is 4.28. The fourth-order valence-corrected chi connectivity index (χ4v) is 3.97. The number of nitrogens with zero attached hydrogens (tertiary/aromatic N) is 2. The average Bonchev–Trinajstić information content (AvgIpc) is 2.85. The Labute approximate surface area is 187 Å². The van der Waals surface area contributed by atoms with Gasteiger partial charge in [-0.15, -0.1) is 0 Å². The van der Waals surface area contributed by atoms with Crippen LogP contribution in [0, 0.1) is 0 Å². The summed E-state index contributed by atoms with van der Waals surface area (Å²) in [4.78, 5) is 19.9. The van der Waals surface area contributed by atoms with E-state index in [4.69, 9.17) is 9.72 Å². The number of hydrogen-bond donors (Lipinski definition) is 1. The molecule has 32 heavy (non-hydrogen) atoms. The molecule has 0 saturated carbocycles. The lowest BCUT2D eigenvalue weighted by molar-refractivity contribution is 0.0337. The lowest BCUT2D eigenvalue weighted by Gasteiger charge is -2.26. The summed E-state index contributed by atoms with van der Waals surface area (Å²) in [5.41, 5.74) is 5.60. The number of anilines is 1. The van der Waals surface area contributed by atoms with E-state index in [0.717, 1.165) is 66.3 Å². The van der Waals surface area contributed by atoms with Crippen molar-refractivity contribution in [2.75, 3.05) is 31.6 Å². The van der Waals surface area contributed by atoms with Crippen molar-refractivity contribution in [2.24, 2.45) is 0 Å². The van der Waals surface area contributed by atoms with Crippen LogP contribution in [0.1, 0.15) is 16.1 Å². The van der Waals surface area contributed by atoms with E-state index in [1.807, 2.05) is 60.7 Å². The SMILES string of the molecule is O=C(Nc1ccc2nc(CN3CCOCC3)ccc2c1)c1ccc(-c2ccccc2)cc1. The number of morpholine rings is 1. The molecular weight excluding hydrogens is 398 g/mol. The molecule has 1 aromatic heterocycles. The van der Waals surface area contributed by atoms with Gasteiger partial charge in [-0.1, -0.05) is 48.5 Å². The third-order valence-electron chi connectivity index (χ3n) is 5.75. The molecule has 0 spiro atoms. The van der Waals surface area contributed by atoms with Crippen molar-refractivity contribution < 1.29 is 9.53 Å². The molecule has 1 aliphatic heterocycles. The minimum absolute atomic E-state index is 0.124. The Bertz CT molecular complexity index is 1220. The summed E-state index contributed by atoms with van der Waals surface area (Å²) in [5.74, 6) is -0.124. The topological polar surface area (TPSA) is 54.5 Å². The van der Waals surface area contributed by atoms with Crippen molar-refractivity contribution in [3.05, 3.63) is 96.2 Å². The van der Waals surface area contributed by atoms with E-state index in [1.165, 1.54) is 0 Å². The molecule has 0 radical (unpaired) electrons. The van der Waals surface area contributed by atoms with Crippen molar-refractivity contribution in [1.82, 2.24) is 9.88 Å². The number of fused-ring (bicyclic) bond motifs is 1. The molecule has 0 aliphatic carbocycles. The minimum Gasteiger partial charge on any atom is -0.379 e. The van der Waals surface area contributed by atoms with Gasteiger partial charge >= 0.3 is 0 Å². The Morgan fingerprint density at radius 3 is 2.41 bits per heavy atom. The number of amides is 1. The van der Waals surface area contributed by atoms with Gasteiger partial charge in [0.2, 0.25) is 0 Å². The summed E-state index contributed by atoms with van der Waals surface area (Å²) in [6.07, 6.45) is 0. The summed E-state index contributed by atoms with van der Waals surface area (Å²) >= 11 is 0. The molecule has 1 N–H and O–H groups in total. The van der Waals surface area contributed by atoms with Crippen LogP contribution in [0.3, 0.4) is 0 Å². The second-order valence-electron chi connectivity index (χ2n) is 8.00. The second kappa shape index (κ2) is 9.30. The number of benzene rings is 3. The van der Waals surface area contributed by atoms with Gasteiger partial charge in [0.25, 0.3) is 5.91 Å². The van der Waals surface area contributed by atoms with Crippen LogP contribution >= 0.6 is 0 Å². The molecule has 1 aliphatic rings. The number of carbonyl (C=O) groups is 1. The third-order valence-corrected chi connectivity index (χ3v) is 5.75. The van der Waals surface area contributed by atoms with E-state index >= 15 is 0 Å². The number of ether oxygens (including phenoxy) is 1. The van der Waals surface area contributed by atoms with Gasteiger partial charge in [0.05, 0.1) is 24.4 Å². The molecule has 3 aromatic carbocycles. The van der Waals surface area contributed by atoms with Crippen LogP contribution in [0.15, 0.2) is 84.9 Å². The molecule has 5 heteroatoms. The maximum atomic E-state index is 12.7. The summed E-state index contributed by atoms with van der Waals surface area (Å²) < 4.78 is 5.41. The van der Waals surface area contributed by atoms with Crippen LogP contribution in [-0.4, -0.2) is 42.1 Å². The van der Waals surface area contributed by atoms with Crippen molar-refractivity contribution in [3.63, 3.8) is 0 Å². The van der Waals surface area contributed by atoms with Gasteiger partial charge in [0.1, 0.15) is 0 Å². The number of rotatable bonds is 5. The lowest BCUT2D eigenvalue weighted by atomic mass is 10.0. The quantitative estimate of drug-likeness (QED) is 0.492. The van der Waals surface area contributed by atoms with E-state index in [-0.39, 0.29) is 5.91 Å². The Morgan fingerprint density at radius 1 is 0.875 bits per heavy atom. The monoisotopic (exact) mass is 423 g/mol. The summed E-state index contributed by atoms with van der Waals surface area (Å²) in [7, 11) is 0. The number of carbonyl (C=O) groups excluding carboxylic acids is 1. The first kappa shape index (κ1) is 20.4. The zero-order valence-corrected chi connectivity index (χ0v) is 17.8. The number of pyridine rings is 1. The van der Waals surface area contributed by atoms with Crippen molar-refractivity contribution in [3.8, 4) is 11.1 Å². The molecule has 5 rings (SSSR count). The molecule has 5 nitrogen and oxygen atoms in total. The second-order valence-corrected chi connectivity index (χ2v) is 8.00. The molecule has 1 fully saturated rings. The van der Waals surface area contributed by atoms with Crippen LogP contribution in [0.25, 0.3) is 22.0 Å². The minimum atomic E-state index is -0.124. The van der Waals surface area contributed by atoms with E-state index in [1.54, 1.807) is 0 Å². The maximum absolute atomic E-state index is 12.7. The van der Waals surface area contributed by atoms with Gasteiger partial charge < -0.3 is 10.1 Å². The fourth-order valence-electron chi connectivity index (χ4n) is 3.97. The molecule has 4 aromatic rings. The summed E-state index contributed by atoms with van der Waals surface area (Å²) in [6, 6.07) is 27.8. The van der Waals surface area contributed by atoms with Crippen LogP contribution < -0.4 is 5.32 Å². The van der Waals surface area contributed by atoms with Gasteiger partial charge in [-0.25, -0.2) is 0 Å². The van der Waals surface area contributed by atoms with Crippen LogP contribution in [0.5, 0.6) is 0 Å². The van der Waals surface area contributed by atoms with Crippen LogP contribution in [0.2, 0.25) is 0 Å². The Kier molecular flexibility index (Phi) is 5.92. The van der Waals surface area contributed by atoms with Gasteiger partial charge in [-0.2, -0.15) is 0 Å². The maximum Gasteiger partial charge on any atom is 0.255 e. The van der Waals surface area contributed by atoms with Gasteiger partial charge in [-0.3, -0.25) is 14.7 Å². The Hall–Kier alpha value is -3.54. The predicted octanol–water partition coefficient (Wildman–Crippen LogP) is 4.99. The van der Waals surface area contributed by atoms with Crippen molar-refractivity contribution >= 4 is 22.5 Å². The predicted molar refractivity (Wildman–Crippen MR) is 128 cm³/mol. The number of aromatic nitrogens is 1.